The molecular formula is C6H18AuBF4O6P2. The molecule has 0 bridgehead atoms. The van der Waals surface area contributed by atoms with Crippen LogP contribution in [0.5, 0.6) is 0 Å². The van der Waals surface area contributed by atoms with Gasteiger partial charge in [-0.15, -0.1) is 0 Å². The molecule has 130 valence electrons. The number of rotatable bonds is 6. The molecular weight excluding hydrogens is 514 g/mol. The molecule has 0 rings (SSSR count). The van der Waals surface area contributed by atoms with Crippen LogP contribution in [0.3, 0.4) is 0 Å². The van der Waals surface area contributed by atoms with Crippen molar-refractivity contribution in [3.63, 3.8) is 0 Å². The van der Waals surface area contributed by atoms with Crippen LogP contribution in [0.25, 0.3) is 0 Å². The van der Waals surface area contributed by atoms with E-state index in [-0.39, 0.29) is 22.4 Å². The van der Waals surface area contributed by atoms with Crippen molar-refractivity contribution in [2.75, 3.05) is 42.7 Å². The summed E-state index contributed by atoms with van der Waals surface area (Å²) in [6, 6.07) is 0. The molecule has 0 saturated heterocycles. The van der Waals surface area contributed by atoms with Crippen molar-refractivity contribution in [1.29, 1.82) is 0 Å². The molecule has 0 amide bonds. The molecule has 0 atom stereocenters. The Hall–Kier alpha value is 1.15. The first kappa shape index (κ1) is 29.2. The van der Waals surface area contributed by atoms with Gasteiger partial charge in [-0.05, 0) is 0 Å². The van der Waals surface area contributed by atoms with E-state index in [9.17, 15) is 17.3 Å². The van der Waals surface area contributed by atoms with Gasteiger partial charge < -0.3 is 44.4 Å². The molecule has 0 radical (unpaired) electrons. The van der Waals surface area contributed by atoms with Crippen LogP contribution in [0.4, 0.5) is 17.3 Å². The summed E-state index contributed by atoms with van der Waals surface area (Å²) in [6.07, 6.45) is 0. The Labute approximate surface area is 134 Å². The number of halogens is 4. The van der Waals surface area contributed by atoms with E-state index in [4.69, 9.17) is 0 Å². The molecule has 0 aromatic heterocycles. The summed E-state index contributed by atoms with van der Waals surface area (Å²) < 4.78 is 67.0. The Morgan fingerprint density at radius 2 is 0.650 bits per heavy atom. The third kappa shape index (κ3) is 36.5. The SMILES string of the molecule is COP(OC)OC.COP(OC)OC.F[B-](F)(F)F.[Au+]. The van der Waals surface area contributed by atoms with E-state index in [1.165, 1.54) is 0 Å². The zero-order valence-corrected chi connectivity index (χ0v) is 15.7. The van der Waals surface area contributed by atoms with Crippen LogP contribution < -0.4 is 0 Å². The van der Waals surface area contributed by atoms with Crippen LogP contribution in [0, 0.1) is 0 Å². The van der Waals surface area contributed by atoms with Crippen molar-refractivity contribution >= 4 is 24.5 Å². The van der Waals surface area contributed by atoms with Crippen molar-refractivity contribution in [1.82, 2.24) is 0 Å². The van der Waals surface area contributed by atoms with Gasteiger partial charge in [0.05, 0.1) is 0 Å². The van der Waals surface area contributed by atoms with E-state index >= 15 is 0 Å². The van der Waals surface area contributed by atoms with Gasteiger partial charge in [-0.25, -0.2) is 0 Å². The molecule has 0 aliphatic rings. The summed E-state index contributed by atoms with van der Waals surface area (Å²) in [5, 5.41) is 0. The first-order valence-corrected chi connectivity index (χ1v) is 6.61. The smallest absolute Gasteiger partial charge is 0.418 e. The fourth-order valence-electron chi connectivity index (χ4n) is 0.447. The van der Waals surface area contributed by atoms with Crippen LogP contribution in [0.2, 0.25) is 0 Å². The van der Waals surface area contributed by atoms with Crippen LogP contribution in [-0.4, -0.2) is 49.9 Å². The van der Waals surface area contributed by atoms with E-state index in [1.807, 2.05) is 0 Å². The second kappa shape index (κ2) is 20.1. The fourth-order valence-corrected chi connectivity index (χ4v) is 1.34. The molecule has 14 heteroatoms. The van der Waals surface area contributed by atoms with Gasteiger partial charge in [-0.1, -0.05) is 0 Å². The first-order chi connectivity index (χ1) is 8.69. The Balaban J connectivity index is -0.0000000952. The van der Waals surface area contributed by atoms with Crippen LogP contribution in [-0.2, 0) is 49.5 Å². The topological polar surface area (TPSA) is 55.4 Å². The molecule has 0 fully saturated rings. The van der Waals surface area contributed by atoms with Gasteiger partial charge in [0.25, 0.3) is 0 Å². The maximum Gasteiger partial charge on any atom is 1.00 e. The molecule has 0 aliphatic carbocycles. The quantitative estimate of drug-likeness (QED) is 0.297. The number of hydrogen-bond acceptors (Lipinski definition) is 6. The van der Waals surface area contributed by atoms with Crippen molar-refractivity contribution in [2.45, 2.75) is 0 Å². The second-order valence-corrected chi connectivity index (χ2v) is 5.12. The monoisotopic (exact) mass is 532 g/mol. The van der Waals surface area contributed by atoms with Gasteiger partial charge in [-0.3, -0.25) is 0 Å². The summed E-state index contributed by atoms with van der Waals surface area (Å²) >= 11 is 0. The maximum absolute atomic E-state index is 9.75. The minimum absolute atomic E-state index is 0. The molecule has 0 saturated carbocycles. The van der Waals surface area contributed by atoms with Gasteiger partial charge in [0, 0.05) is 42.7 Å². The predicted octanol–water partition coefficient (Wildman–Crippen LogP) is 3.60. The Morgan fingerprint density at radius 3 is 0.650 bits per heavy atom. The normalized spacial score (nSPS) is 10.2. The third-order valence-corrected chi connectivity index (χ3v) is 2.68. The van der Waals surface area contributed by atoms with Crippen molar-refractivity contribution in [3.8, 4) is 0 Å². The minimum atomic E-state index is -6.00. The molecule has 6 nitrogen and oxygen atoms in total. The van der Waals surface area contributed by atoms with Crippen molar-refractivity contribution in [2.24, 2.45) is 0 Å². The van der Waals surface area contributed by atoms with E-state index in [0.717, 1.165) is 0 Å². The standard InChI is InChI=1S/2C3H9O3P.Au.BF4/c2*1-4-7(5-2)6-3;;2-1(3,4)5/h2*1-3H3;;/q;;+1;-1. The Morgan fingerprint density at radius 1 is 0.550 bits per heavy atom. The summed E-state index contributed by atoms with van der Waals surface area (Å²) in [4.78, 5) is 0. The first-order valence-electron chi connectivity index (χ1n) is 4.42. The summed E-state index contributed by atoms with van der Waals surface area (Å²) in [5.74, 6) is 0. The van der Waals surface area contributed by atoms with Gasteiger partial charge in [0.15, 0.2) is 0 Å². The summed E-state index contributed by atoms with van der Waals surface area (Å²) in [5.41, 5.74) is 0. The van der Waals surface area contributed by atoms with Gasteiger partial charge in [-0.2, -0.15) is 0 Å². The van der Waals surface area contributed by atoms with Gasteiger partial charge in [0.2, 0.25) is 0 Å². The largest absolute Gasteiger partial charge is 1.00 e. The third-order valence-electron chi connectivity index (χ3n) is 0.894. The predicted molar refractivity (Wildman–Crippen MR) is 66.1 cm³/mol. The Bertz CT molecular complexity index is 149. The Kier molecular flexibility index (Phi) is 29.4. The number of hydrogen-bond donors (Lipinski definition) is 0. The molecule has 0 unspecified atom stereocenters. The van der Waals surface area contributed by atoms with Crippen molar-refractivity contribution in [3.05, 3.63) is 0 Å². The average Bonchev–Trinajstić information content (AvgIpc) is 2.32. The zero-order chi connectivity index (χ0) is 15.9. The molecule has 0 N–H and O–H groups in total. The summed E-state index contributed by atoms with van der Waals surface area (Å²) in [7, 11) is 1.13. The van der Waals surface area contributed by atoms with E-state index in [0.29, 0.717) is 0 Å². The van der Waals surface area contributed by atoms with Crippen LogP contribution >= 0.6 is 17.2 Å². The second-order valence-electron chi connectivity index (χ2n) is 2.04. The molecule has 20 heavy (non-hydrogen) atoms. The van der Waals surface area contributed by atoms with E-state index in [1.54, 1.807) is 42.7 Å². The minimum Gasteiger partial charge on any atom is -0.418 e. The maximum atomic E-state index is 9.75. The molecule has 0 aromatic rings. The van der Waals surface area contributed by atoms with Gasteiger partial charge in [0.1, 0.15) is 0 Å². The molecule has 0 aromatic carbocycles. The summed E-state index contributed by atoms with van der Waals surface area (Å²) in [6.45, 7) is 0. The fraction of sp³-hybridized carbons (Fsp3) is 1.00. The molecule has 0 aliphatic heterocycles. The van der Waals surface area contributed by atoms with Crippen LogP contribution in [0.1, 0.15) is 0 Å². The zero-order valence-electron chi connectivity index (χ0n) is 11.7. The van der Waals surface area contributed by atoms with E-state index < -0.39 is 24.5 Å². The van der Waals surface area contributed by atoms with E-state index in [2.05, 4.69) is 27.1 Å². The molecule has 0 spiro atoms. The van der Waals surface area contributed by atoms with Crippen molar-refractivity contribution < 1.29 is 66.8 Å². The molecule has 0 heterocycles. The van der Waals surface area contributed by atoms with Crippen LogP contribution in [0.15, 0.2) is 0 Å². The van der Waals surface area contributed by atoms with Gasteiger partial charge >= 0.3 is 46.8 Å². The average molecular weight is 532 g/mol.